The third-order valence-corrected chi connectivity index (χ3v) is 6.37. The summed E-state index contributed by atoms with van der Waals surface area (Å²) in [6, 6.07) is 12.7. The molecule has 0 aliphatic heterocycles. The molecule has 172 valence electrons. The summed E-state index contributed by atoms with van der Waals surface area (Å²) in [7, 11) is 1.66. The normalized spacial score (nSPS) is 13.9. The van der Waals surface area contributed by atoms with Crippen molar-refractivity contribution in [2.24, 2.45) is 0 Å². The van der Waals surface area contributed by atoms with Crippen LogP contribution in [0.3, 0.4) is 0 Å². The van der Waals surface area contributed by atoms with Crippen LogP contribution in [-0.2, 0) is 16.0 Å². The van der Waals surface area contributed by atoms with Crippen LogP contribution in [0.5, 0.6) is 0 Å². The van der Waals surface area contributed by atoms with Gasteiger partial charge >= 0.3 is 0 Å². The summed E-state index contributed by atoms with van der Waals surface area (Å²) < 4.78 is 5.02. The maximum Gasteiger partial charge on any atom is 0.251 e. The van der Waals surface area contributed by atoms with E-state index in [0.717, 1.165) is 36.9 Å². The lowest BCUT2D eigenvalue weighted by atomic mass is 9.96. The van der Waals surface area contributed by atoms with E-state index in [2.05, 4.69) is 36.5 Å². The summed E-state index contributed by atoms with van der Waals surface area (Å²) in [6.07, 6.45) is 6.18. The van der Waals surface area contributed by atoms with Crippen LogP contribution in [0.15, 0.2) is 36.4 Å². The van der Waals surface area contributed by atoms with Gasteiger partial charge in [0, 0.05) is 44.5 Å². The molecule has 0 saturated heterocycles. The highest BCUT2D eigenvalue weighted by Gasteiger charge is 2.26. The Labute approximate surface area is 192 Å². The average Bonchev–Trinajstić information content (AvgIpc) is 3.27. The summed E-state index contributed by atoms with van der Waals surface area (Å²) in [5.74, 6) is 0.0812. The van der Waals surface area contributed by atoms with E-state index >= 15 is 0 Å². The van der Waals surface area contributed by atoms with Crippen LogP contribution in [0.2, 0.25) is 0 Å². The van der Waals surface area contributed by atoms with Crippen LogP contribution in [-0.4, -0.2) is 38.1 Å². The zero-order chi connectivity index (χ0) is 23.1. The number of anilines is 1. The van der Waals surface area contributed by atoms with Crippen molar-refractivity contribution in [2.75, 3.05) is 25.2 Å². The molecular formula is C27H36N2O3. The minimum absolute atomic E-state index is 0.0399. The van der Waals surface area contributed by atoms with Gasteiger partial charge in [-0.3, -0.25) is 9.59 Å². The molecule has 0 heterocycles. The molecule has 0 atom stereocenters. The molecule has 2 aromatic carbocycles. The second kappa shape index (κ2) is 11.3. The Morgan fingerprint density at radius 1 is 1.06 bits per heavy atom. The van der Waals surface area contributed by atoms with Crippen molar-refractivity contribution in [1.82, 2.24) is 5.32 Å². The van der Waals surface area contributed by atoms with E-state index in [1.54, 1.807) is 14.0 Å². The predicted molar refractivity (Wildman–Crippen MR) is 129 cm³/mol. The molecule has 2 amide bonds. The second-order valence-corrected chi connectivity index (χ2v) is 8.87. The Hall–Kier alpha value is -2.66. The number of carbonyl (C=O) groups is 2. The third kappa shape index (κ3) is 5.98. The van der Waals surface area contributed by atoms with Gasteiger partial charge in [-0.05, 0) is 80.0 Å². The molecule has 1 saturated carbocycles. The predicted octanol–water partition coefficient (Wildman–Crippen LogP) is 4.96. The molecule has 3 rings (SSSR count). The van der Waals surface area contributed by atoms with Crippen LogP contribution in [0, 0.1) is 13.8 Å². The Morgan fingerprint density at radius 3 is 2.44 bits per heavy atom. The second-order valence-electron chi connectivity index (χ2n) is 8.87. The number of ether oxygens (including phenoxy) is 1. The first-order valence-corrected chi connectivity index (χ1v) is 11.7. The van der Waals surface area contributed by atoms with Crippen molar-refractivity contribution in [3.8, 4) is 0 Å². The number of hydrogen-bond donors (Lipinski definition) is 1. The molecule has 5 nitrogen and oxygen atoms in total. The Kier molecular flexibility index (Phi) is 8.46. The molecule has 1 aliphatic carbocycles. The lowest BCUT2D eigenvalue weighted by Gasteiger charge is -2.28. The van der Waals surface area contributed by atoms with Crippen molar-refractivity contribution in [2.45, 2.75) is 65.3 Å². The molecule has 1 N–H and O–H groups in total. The monoisotopic (exact) mass is 436 g/mol. The van der Waals surface area contributed by atoms with Gasteiger partial charge in [-0.2, -0.15) is 0 Å². The smallest absolute Gasteiger partial charge is 0.251 e. The maximum atomic E-state index is 12.4. The number of amides is 2. The summed E-state index contributed by atoms with van der Waals surface area (Å²) in [4.78, 5) is 26.7. The Bertz CT molecular complexity index is 948. The summed E-state index contributed by atoms with van der Waals surface area (Å²) in [6.45, 7) is 7.01. The first-order valence-electron chi connectivity index (χ1n) is 11.7. The Morgan fingerprint density at radius 2 is 1.81 bits per heavy atom. The van der Waals surface area contributed by atoms with Crippen LogP contribution in [0.25, 0.3) is 0 Å². The lowest BCUT2D eigenvalue weighted by Crippen LogP contribution is -2.37. The third-order valence-electron chi connectivity index (χ3n) is 6.37. The summed E-state index contributed by atoms with van der Waals surface area (Å²) in [5, 5.41) is 2.95. The molecular weight excluding hydrogens is 400 g/mol. The molecule has 1 aliphatic rings. The zero-order valence-electron chi connectivity index (χ0n) is 19.9. The fraction of sp³-hybridized carbons (Fsp3) is 0.481. The first kappa shape index (κ1) is 24.0. The highest BCUT2D eigenvalue weighted by molar-refractivity contribution is 5.95. The molecule has 0 unspecified atom stereocenters. The van der Waals surface area contributed by atoms with Gasteiger partial charge in [-0.25, -0.2) is 0 Å². The van der Waals surface area contributed by atoms with Crippen LogP contribution in [0.4, 0.5) is 5.69 Å². The van der Waals surface area contributed by atoms with Crippen molar-refractivity contribution >= 4 is 17.5 Å². The topological polar surface area (TPSA) is 58.6 Å². The van der Waals surface area contributed by atoms with Gasteiger partial charge in [0.1, 0.15) is 0 Å². The number of carbonyl (C=O) groups excluding carboxylic acids is 2. The molecule has 32 heavy (non-hydrogen) atoms. The molecule has 2 aromatic rings. The van der Waals surface area contributed by atoms with Crippen LogP contribution in [0.1, 0.15) is 71.6 Å². The van der Waals surface area contributed by atoms with E-state index in [1.165, 1.54) is 29.5 Å². The van der Waals surface area contributed by atoms with Crippen LogP contribution >= 0.6 is 0 Å². The van der Waals surface area contributed by atoms with Gasteiger partial charge < -0.3 is 15.0 Å². The highest BCUT2D eigenvalue weighted by Crippen LogP contribution is 2.30. The van der Waals surface area contributed by atoms with Crippen molar-refractivity contribution in [3.63, 3.8) is 0 Å². The minimum Gasteiger partial charge on any atom is -0.385 e. The van der Waals surface area contributed by atoms with E-state index in [4.69, 9.17) is 4.74 Å². The van der Waals surface area contributed by atoms with Gasteiger partial charge in [-0.1, -0.05) is 31.0 Å². The van der Waals surface area contributed by atoms with Gasteiger partial charge in [0.15, 0.2) is 0 Å². The molecule has 0 radical (unpaired) electrons. The first-order chi connectivity index (χ1) is 15.4. The number of rotatable bonds is 9. The summed E-state index contributed by atoms with van der Waals surface area (Å²) in [5.41, 5.74) is 6.29. The van der Waals surface area contributed by atoms with E-state index in [9.17, 15) is 9.59 Å². The van der Waals surface area contributed by atoms with E-state index in [0.29, 0.717) is 24.8 Å². The van der Waals surface area contributed by atoms with E-state index < -0.39 is 0 Å². The number of methoxy groups -OCH3 is 1. The van der Waals surface area contributed by atoms with Crippen molar-refractivity contribution < 1.29 is 14.3 Å². The molecule has 1 fully saturated rings. The molecule has 5 heteroatoms. The quantitative estimate of drug-likeness (QED) is 0.566. The maximum absolute atomic E-state index is 12.4. The Balaban J connectivity index is 1.70. The molecule has 0 spiro atoms. The van der Waals surface area contributed by atoms with Gasteiger partial charge in [0.2, 0.25) is 5.91 Å². The average molecular weight is 437 g/mol. The van der Waals surface area contributed by atoms with Crippen molar-refractivity contribution in [1.29, 1.82) is 0 Å². The fourth-order valence-corrected chi connectivity index (χ4v) is 4.66. The van der Waals surface area contributed by atoms with E-state index in [-0.39, 0.29) is 11.8 Å². The lowest BCUT2D eigenvalue weighted by molar-refractivity contribution is -0.117. The standard InChI is InChI=1S/C27H36N2O3/c1-19-17-25(29(21(3)30)24-8-5-6-9-24)12-11-23(19)18-22-10-13-26(20(2)16-22)27(31)28-14-7-15-32-4/h10-13,16-17,24H,5-9,14-15,18H2,1-4H3,(H,28,31). The van der Waals surface area contributed by atoms with Gasteiger partial charge in [0.25, 0.3) is 5.91 Å². The SMILES string of the molecule is COCCCNC(=O)c1ccc(Cc2ccc(N(C(C)=O)C3CCCC3)cc2C)cc1C. The van der Waals surface area contributed by atoms with Crippen LogP contribution < -0.4 is 10.2 Å². The number of aryl methyl sites for hydroxylation is 2. The fourth-order valence-electron chi connectivity index (χ4n) is 4.66. The largest absolute Gasteiger partial charge is 0.385 e. The number of benzene rings is 2. The highest BCUT2D eigenvalue weighted by atomic mass is 16.5. The molecule has 0 bridgehead atoms. The molecule has 0 aromatic heterocycles. The van der Waals surface area contributed by atoms with Crippen molar-refractivity contribution in [3.05, 3.63) is 64.2 Å². The number of nitrogens with one attached hydrogen (secondary N) is 1. The van der Waals surface area contributed by atoms with E-state index in [1.807, 2.05) is 24.0 Å². The minimum atomic E-state index is -0.0399. The van der Waals surface area contributed by atoms with Gasteiger partial charge in [-0.15, -0.1) is 0 Å². The number of hydrogen-bond acceptors (Lipinski definition) is 3. The summed E-state index contributed by atoms with van der Waals surface area (Å²) >= 11 is 0. The van der Waals surface area contributed by atoms with Gasteiger partial charge in [0.05, 0.1) is 0 Å². The number of nitrogens with zero attached hydrogens (tertiary/aromatic N) is 1. The zero-order valence-corrected chi connectivity index (χ0v) is 19.9.